The minimum atomic E-state index is -0.294. The molecule has 0 aliphatic carbocycles. The molecular weight excluding hydrogens is 228 g/mol. The van der Waals surface area contributed by atoms with Gasteiger partial charge in [-0.2, -0.15) is 0 Å². The molecule has 0 amide bonds. The molecule has 2 heteroatoms. The van der Waals surface area contributed by atoms with Gasteiger partial charge in [-0.3, -0.25) is 0 Å². The number of hydrogen-bond donors (Lipinski definition) is 1. The fourth-order valence-corrected chi connectivity index (χ4v) is 3.28. The van der Waals surface area contributed by atoms with Crippen molar-refractivity contribution in [2.75, 3.05) is 0 Å². The molecule has 0 radical (unpaired) electrons. The number of rotatable bonds is 5. The Morgan fingerprint density at radius 2 is 1.88 bits per heavy atom. The lowest BCUT2D eigenvalue weighted by atomic mass is 9.95. The zero-order valence-corrected chi connectivity index (χ0v) is 11.3. The van der Waals surface area contributed by atoms with Crippen LogP contribution in [-0.4, -0.2) is 5.11 Å². The zero-order chi connectivity index (χ0) is 12.3. The van der Waals surface area contributed by atoms with Gasteiger partial charge < -0.3 is 5.11 Å². The molecule has 0 spiro atoms. The van der Waals surface area contributed by atoms with E-state index >= 15 is 0 Å². The average Bonchev–Trinajstić information content (AvgIpc) is 2.79. The summed E-state index contributed by atoms with van der Waals surface area (Å²) in [6.07, 6.45) is 2.90. The minimum Gasteiger partial charge on any atom is -0.388 e. The topological polar surface area (TPSA) is 20.2 Å². The predicted molar refractivity (Wildman–Crippen MR) is 75.5 cm³/mol. The third-order valence-corrected chi connectivity index (χ3v) is 4.70. The van der Waals surface area contributed by atoms with E-state index < -0.39 is 0 Å². The summed E-state index contributed by atoms with van der Waals surface area (Å²) in [4.78, 5) is 1.11. The highest BCUT2D eigenvalue weighted by molar-refractivity contribution is 7.19. The van der Waals surface area contributed by atoms with E-state index in [4.69, 9.17) is 0 Å². The van der Waals surface area contributed by atoms with E-state index in [1.165, 1.54) is 10.1 Å². The average molecular weight is 248 g/mol. The lowest BCUT2D eigenvalue weighted by Crippen LogP contribution is -2.04. The monoisotopic (exact) mass is 248 g/mol. The van der Waals surface area contributed by atoms with Crippen LogP contribution >= 0.6 is 11.3 Å². The van der Waals surface area contributed by atoms with Crippen LogP contribution in [0.4, 0.5) is 0 Å². The van der Waals surface area contributed by atoms with Gasteiger partial charge in [0.25, 0.3) is 0 Å². The molecule has 0 aliphatic rings. The second-order valence-corrected chi connectivity index (χ2v) is 5.74. The Bertz CT molecular complexity index is 437. The molecule has 0 aliphatic heterocycles. The Morgan fingerprint density at radius 1 is 1.18 bits per heavy atom. The van der Waals surface area contributed by atoms with Crippen LogP contribution in [0.3, 0.4) is 0 Å². The summed E-state index contributed by atoms with van der Waals surface area (Å²) in [7, 11) is 0. The molecule has 1 heterocycles. The van der Waals surface area contributed by atoms with Gasteiger partial charge in [-0.15, -0.1) is 11.3 Å². The zero-order valence-electron chi connectivity index (χ0n) is 10.5. The Hall–Kier alpha value is -0.860. The molecule has 1 atom stereocenters. The van der Waals surface area contributed by atoms with Crippen molar-refractivity contribution in [1.29, 1.82) is 0 Å². The molecule has 0 saturated carbocycles. The molecule has 2 rings (SSSR count). The van der Waals surface area contributed by atoms with Gasteiger partial charge in [0, 0.05) is 9.58 Å². The fraction of sp³-hybridized carbons (Fsp3) is 0.467. The van der Waals surface area contributed by atoms with Gasteiger partial charge in [0.1, 0.15) is 0 Å². The van der Waals surface area contributed by atoms with Crippen molar-refractivity contribution < 1.29 is 5.11 Å². The third kappa shape index (κ3) is 2.88. The van der Waals surface area contributed by atoms with E-state index in [9.17, 15) is 5.11 Å². The van der Waals surface area contributed by atoms with Gasteiger partial charge >= 0.3 is 0 Å². The highest BCUT2D eigenvalue weighted by Gasteiger charge is 2.15. The van der Waals surface area contributed by atoms with Crippen molar-refractivity contribution >= 4 is 21.4 Å². The lowest BCUT2D eigenvalue weighted by molar-refractivity contribution is 0.144. The largest absolute Gasteiger partial charge is 0.388 e. The number of aliphatic hydroxyl groups is 1. The van der Waals surface area contributed by atoms with E-state index in [1.807, 2.05) is 6.07 Å². The van der Waals surface area contributed by atoms with E-state index in [2.05, 4.69) is 38.1 Å². The van der Waals surface area contributed by atoms with Crippen molar-refractivity contribution in [3.8, 4) is 0 Å². The predicted octanol–water partition coefficient (Wildman–Crippen LogP) is 4.76. The second-order valence-electron chi connectivity index (χ2n) is 4.62. The van der Waals surface area contributed by atoms with E-state index in [0.29, 0.717) is 5.92 Å². The maximum absolute atomic E-state index is 10.3. The molecule has 92 valence electrons. The van der Waals surface area contributed by atoms with Crippen LogP contribution in [0.5, 0.6) is 0 Å². The van der Waals surface area contributed by atoms with Crippen LogP contribution in [0, 0.1) is 5.92 Å². The van der Waals surface area contributed by atoms with E-state index in [1.54, 1.807) is 11.3 Å². The molecule has 2 aromatic rings. The molecule has 0 saturated heterocycles. The molecule has 1 aromatic heterocycles. The van der Waals surface area contributed by atoms with Crippen LogP contribution in [0.2, 0.25) is 0 Å². The molecule has 17 heavy (non-hydrogen) atoms. The third-order valence-electron chi connectivity index (χ3n) is 3.48. The first-order valence-corrected chi connectivity index (χ1v) is 7.22. The molecule has 1 nitrogen and oxygen atoms in total. The SMILES string of the molecule is CCC(CC)CC(O)c1cc2ccccc2s1. The Morgan fingerprint density at radius 3 is 2.53 bits per heavy atom. The Balaban J connectivity index is 2.15. The summed E-state index contributed by atoms with van der Waals surface area (Å²) < 4.78 is 1.27. The van der Waals surface area contributed by atoms with Crippen molar-refractivity contribution in [3.05, 3.63) is 35.2 Å². The quantitative estimate of drug-likeness (QED) is 0.808. The standard InChI is InChI=1S/C15H20OS/c1-3-11(4-2)9-13(16)15-10-12-7-5-6-8-14(12)17-15/h5-8,10-11,13,16H,3-4,9H2,1-2H3. The first-order valence-electron chi connectivity index (χ1n) is 6.41. The van der Waals surface area contributed by atoms with Crippen LogP contribution in [0.1, 0.15) is 44.1 Å². The highest BCUT2D eigenvalue weighted by Crippen LogP contribution is 2.33. The fourth-order valence-electron chi connectivity index (χ4n) is 2.22. The second kappa shape index (κ2) is 5.65. The summed E-state index contributed by atoms with van der Waals surface area (Å²) in [5, 5.41) is 11.5. The van der Waals surface area contributed by atoms with Crippen molar-refractivity contribution in [2.24, 2.45) is 5.92 Å². The summed E-state index contributed by atoms with van der Waals surface area (Å²) in [5.74, 6) is 0.634. The molecular formula is C15H20OS. The van der Waals surface area contributed by atoms with Gasteiger partial charge in [-0.05, 0) is 29.9 Å². The Kier molecular flexibility index (Phi) is 4.19. The van der Waals surface area contributed by atoms with Crippen LogP contribution in [0.25, 0.3) is 10.1 Å². The maximum Gasteiger partial charge on any atom is 0.0885 e. The Labute approximate surface area is 107 Å². The number of benzene rings is 1. The molecule has 0 bridgehead atoms. The number of aliphatic hydroxyl groups excluding tert-OH is 1. The van der Waals surface area contributed by atoms with Gasteiger partial charge in [0.15, 0.2) is 0 Å². The van der Waals surface area contributed by atoms with Crippen molar-refractivity contribution in [3.63, 3.8) is 0 Å². The van der Waals surface area contributed by atoms with Crippen LogP contribution in [0.15, 0.2) is 30.3 Å². The van der Waals surface area contributed by atoms with E-state index in [0.717, 1.165) is 24.1 Å². The summed E-state index contributed by atoms with van der Waals surface area (Å²) in [5.41, 5.74) is 0. The lowest BCUT2D eigenvalue weighted by Gasteiger charge is -2.15. The van der Waals surface area contributed by atoms with Gasteiger partial charge in [0.2, 0.25) is 0 Å². The number of fused-ring (bicyclic) bond motifs is 1. The number of hydrogen-bond acceptors (Lipinski definition) is 2. The van der Waals surface area contributed by atoms with Gasteiger partial charge in [-0.25, -0.2) is 0 Å². The van der Waals surface area contributed by atoms with Gasteiger partial charge in [-0.1, -0.05) is 44.9 Å². The molecule has 0 fully saturated rings. The molecule has 1 aromatic carbocycles. The van der Waals surface area contributed by atoms with Crippen LogP contribution in [-0.2, 0) is 0 Å². The number of thiophene rings is 1. The summed E-state index contributed by atoms with van der Waals surface area (Å²) >= 11 is 1.72. The van der Waals surface area contributed by atoms with E-state index in [-0.39, 0.29) is 6.10 Å². The molecule has 1 N–H and O–H groups in total. The maximum atomic E-state index is 10.3. The summed E-state index contributed by atoms with van der Waals surface area (Å²) in [6, 6.07) is 10.5. The van der Waals surface area contributed by atoms with Gasteiger partial charge in [0.05, 0.1) is 6.10 Å². The van der Waals surface area contributed by atoms with Crippen molar-refractivity contribution in [1.82, 2.24) is 0 Å². The van der Waals surface area contributed by atoms with Crippen LogP contribution < -0.4 is 0 Å². The highest BCUT2D eigenvalue weighted by atomic mass is 32.1. The first kappa shape index (κ1) is 12.6. The smallest absolute Gasteiger partial charge is 0.0885 e. The minimum absolute atomic E-state index is 0.294. The molecule has 1 unspecified atom stereocenters. The normalized spacial score (nSPS) is 13.4. The summed E-state index contributed by atoms with van der Waals surface area (Å²) in [6.45, 7) is 4.40. The van der Waals surface area contributed by atoms with Crippen molar-refractivity contribution in [2.45, 2.75) is 39.2 Å². The first-order chi connectivity index (χ1) is 8.24.